The van der Waals surface area contributed by atoms with E-state index in [1.165, 1.54) is 0 Å². The van der Waals surface area contributed by atoms with Crippen LogP contribution >= 0.6 is 0 Å². The second-order valence-electron chi connectivity index (χ2n) is 8.07. The van der Waals surface area contributed by atoms with Crippen molar-refractivity contribution in [3.63, 3.8) is 0 Å². The second-order valence-corrected chi connectivity index (χ2v) is 8.07. The summed E-state index contributed by atoms with van der Waals surface area (Å²) in [5.41, 5.74) is 1.66. The highest BCUT2D eigenvalue weighted by Gasteiger charge is 2.43. The highest BCUT2D eigenvalue weighted by Crippen LogP contribution is 2.29. The summed E-state index contributed by atoms with van der Waals surface area (Å²) in [6.07, 6.45) is 5.07. The Bertz CT molecular complexity index is 1130. The summed E-state index contributed by atoms with van der Waals surface area (Å²) in [6, 6.07) is 4.69. The molecule has 4 atom stereocenters. The third kappa shape index (κ3) is 3.13. The number of ether oxygens (including phenoxy) is 2. The lowest BCUT2D eigenvalue weighted by atomic mass is 10.1. The van der Waals surface area contributed by atoms with Crippen LogP contribution in [0.1, 0.15) is 18.9 Å². The van der Waals surface area contributed by atoms with E-state index in [9.17, 15) is 0 Å². The first-order chi connectivity index (χ1) is 14.8. The zero-order chi connectivity index (χ0) is 20.1. The van der Waals surface area contributed by atoms with Gasteiger partial charge in [0.1, 0.15) is 5.82 Å². The van der Waals surface area contributed by atoms with Gasteiger partial charge >= 0.3 is 0 Å². The quantitative estimate of drug-likeness (QED) is 0.611. The van der Waals surface area contributed by atoms with Crippen molar-refractivity contribution in [2.45, 2.75) is 37.6 Å². The van der Waals surface area contributed by atoms with Crippen LogP contribution in [0.25, 0.3) is 16.9 Å². The average molecular weight is 405 g/mol. The van der Waals surface area contributed by atoms with Crippen molar-refractivity contribution in [3.05, 3.63) is 30.1 Å². The number of hydrogen-bond donors (Lipinski definition) is 2. The number of hydrogen-bond acceptors (Lipinski definition) is 7. The van der Waals surface area contributed by atoms with Gasteiger partial charge in [-0.2, -0.15) is 14.9 Å². The molecule has 3 aliphatic rings. The van der Waals surface area contributed by atoms with Crippen LogP contribution in [0.15, 0.2) is 24.5 Å². The molecule has 0 spiro atoms. The van der Waals surface area contributed by atoms with Gasteiger partial charge in [0.15, 0.2) is 11.5 Å². The molecule has 30 heavy (non-hydrogen) atoms. The third-order valence-electron chi connectivity index (χ3n) is 5.90. The zero-order valence-corrected chi connectivity index (χ0v) is 16.7. The number of aromatic amines is 1. The number of nitrogens with zero attached hydrogens (tertiary/aromatic N) is 5. The van der Waals surface area contributed by atoms with Crippen LogP contribution in [0.5, 0.6) is 0 Å². The molecule has 5 heterocycles. The normalized spacial score (nSPS) is 28.1. The molecule has 154 valence electrons. The first-order valence-electron chi connectivity index (χ1n) is 10.4. The SMILES string of the molecule is C[C@@H]1COCCN1c1cc(C#CC2COC3CC3N2)c2cnn(-c3cc[nH]n3)c2n1. The molecule has 3 aromatic heterocycles. The Balaban J connectivity index is 1.43. The molecule has 9 heteroatoms. The van der Waals surface area contributed by atoms with Gasteiger partial charge in [0.25, 0.3) is 0 Å². The molecule has 2 saturated heterocycles. The van der Waals surface area contributed by atoms with E-state index in [1.807, 2.05) is 12.3 Å². The number of H-pyrrole nitrogens is 1. The summed E-state index contributed by atoms with van der Waals surface area (Å²) < 4.78 is 13.2. The van der Waals surface area contributed by atoms with Gasteiger partial charge in [-0.3, -0.25) is 10.4 Å². The number of morpholine rings is 2. The molecule has 1 saturated carbocycles. The molecule has 0 aromatic carbocycles. The number of rotatable bonds is 2. The molecular weight excluding hydrogens is 382 g/mol. The van der Waals surface area contributed by atoms with Crippen LogP contribution in [0.3, 0.4) is 0 Å². The van der Waals surface area contributed by atoms with Crippen molar-refractivity contribution in [1.82, 2.24) is 30.3 Å². The Morgan fingerprint density at radius 1 is 1.27 bits per heavy atom. The highest BCUT2D eigenvalue weighted by atomic mass is 16.5. The van der Waals surface area contributed by atoms with Gasteiger partial charge in [-0.25, -0.2) is 4.98 Å². The summed E-state index contributed by atoms with van der Waals surface area (Å²) in [5, 5.41) is 16.1. The molecule has 3 aromatic rings. The third-order valence-corrected chi connectivity index (χ3v) is 5.90. The maximum Gasteiger partial charge on any atom is 0.177 e. The Labute approximate surface area is 173 Å². The highest BCUT2D eigenvalue weighted by molar-refractivity contribution is 5.85. The lowest BCUT2D eigenvalue weighted by molar-refractivity contribution is 0.0774. The minimum atomic E-state index is 0.0455. The molecule has 6 rings (SSSR count). The van der Waals surface area contributed by atoms with Gasteiger partial charge in [0.2, 0.25) is 0 Å². The van der Waals surface area contributed by atoms with Crippen molar-refractivity contribution in [2.24, 2.45) is 0 Å². The Kier molecular flexibility index (Phi) is 4.23. The fourth-order valence-corrected chi connectivity index (χ4v) is 4.15. The fourth-order valence-electron chi connectivity index (χ4n) is 4.15. The number of anilines is 1. The van der Waals surface area contributed by atoms with Crippen molar-refractivity contribution in [3.8, 4) is 17.7 Å². The molecule has 2 N–H and O–H groups in total. The van der Waals surface area contributed by atoms with Crippen molar-refractivity contribution in [2.75, 3.05) is 31.3 Å². The Morgan fingerprint density at radius 3 is 3.07 bits per heavy atom. The summed E-state index contributed by atoms with van der Waals surface area (Å²) in [7, 11) is 0. The molecule has 0 radical (unpaired) electrons. The molecular formula is C21H23N7O2. The summed E-state index contributed by atoms with van der Waals surface area (Å²) in [6.45, 7) is 4.95. The molecule has 1 aliphatic carbocycles. The molecule has 3 fully saturated rings. The monoisotopic (exact) mass is 405 g/mol. The second kappa shape index (κ2) is 7.09. The molecule has 0 bridgehead atoms. The summed E-state index contributed by atoms with van der Waals surface area (Å²) in [4.78, 5) is 7.22. The van der Waals surface area contributed by atoms with Gasteiger partial charge in [0, 0.05) is 30.4 Å². The minimum absolute atomic E-state index is 0.0455. The van der Waals surface area contributed by atoms with Crippen LogP contribution in [0, 0.1) is 11.8 Å². The molecule has 2 aliphatic heterocycles. The van der Waals surface area contributed by atoms with E-state index < -0.39 is 0 Å². The average Bonchev–Trinajstić information content (AvgIpc) is 3.12. The lowest BCUT2D eigenvalue weighted by Gasteiger charge is -2.34. The number of nitrogens with one attached hydrogen (secondary N) is 2. The molecule has 9 nitrogen and oxygen atoms in total. The van der Waals surface area contributed by atoms with Gasteiger partial charge in [-0.15, -0.1) is 0 Å². The number of pyridine rings is 1. The Morgan fingerprint density at radius 2 is 2.23 bits per heavy atom. The number of aromatic nitrogens is 5. The first kappa shape index (κ1) is 17.9. The van der Waals surface area contributed by atoms with Crippen molar-refractivity contribution < 1.29 is 9.47 Å². The molecule has 3 unspecified atom stereocenters. The van der Waals surface area contributed by atoms with Crippen LogP contribution < -0.4 is 10.2 Å². The van der Waals surface area contributed by atoms with Crippen LogP contribution in [-0.4, -0.2) is 75.6 Å². The van der Waals surface area contributed by atoms with E-state index >= 15 is 0 Å². The summed E-state index contributed by atoms with van der Waals surface area (Å²) >= 11 is 0. The Hall–Kier alpha value is -2.93. The van der Waals surface area contributed by atoms with Crippen molar-refractivity contribution >= 4 is 16.9 Å². The van der Waals surface area contributed by atoms with Gasteiger partial charge in [-0.1, -0.05) is 11.8 Å². The minimum Gasteiger partial charge on any atom is -0.377 e. The van der Waals surface area contributed by atoms with Crippen LogP contribution in [0.2, 0.25) is 0 Å². The van der Waals surface area contributed by atoms with Gasteiger partial charge < -0.3 is 14.4 Å². The molecule has 0 amide bonds. The smallest absolute Gasteiger partial charge is 0.177 e. The maximum atomic E-state index is 5.80. The standard InChI is InChI=1S/C21H23N7O2/c1-13-11-29-7-6-27(13)20-8-14(2-3-15-12-30-18-9-17(18)24-15)16-10-23-28(21(16)25-20)19-4-5-22-26-19/h4-5,8,10,13,15,17-18,24H,6-7,9,11-12H2,1H3,(H,22,26)/t13-,15?,17?,18?/m1/s1. The van der Waals surface area contributed by atoms with Crippen LogP contribution in [-0.2, 0) is 9.47 Å². The maximum absolute atomic E-state index is 5.80. The predicted molar refractivity (Wildman–Crippen MR) is 111 cm³/mol. The van der Waals surface area contributed by atoms with Gasteiger partial charge in [-0.05, 0) is 19.4 Å². The van der Waals surface area contributed by atoms with Gasteiger partial charge in [0.05, 0.1) is 49.6 Å². The first-order valence-corrected chi connectivity index (χ1v) is 10.4. The zero-order valence-electron chi connectivity index (χ0n) is 16.7. The fraction of sp³-hybridized carbons (Fsp3) is 0.476. The van der Waals surface area contributed by atoms with Crippen molar-refractivity contribution in [1.29, 1.82) is 0 Å². The lowest BCUT2D eigenvalue weighted by Crippen LogP contribution is -2.44. The van der Waals surface area contributed by atoms with Crippen LogP contribution in [0.4, 0.5) is 5.82 Å². The topological polar surface area (TPSA) is 93.1 Å². The van der Waals surface area contributed by atoms with E-state index in [1.54, 1.807) is 10.9 Å². The summed E-state index contributed by atoms with van der Waals surface area (Å²) in [5.74, 6) is 8.32. The largest absolute Gasteiger partial charge is 0.377 e. The van der Waals surface area contributed by atoms with E-state index in [4.69, 9.17) is 14.5 Å². The van der Waals surface area contributed by atoms with E-state index in [0.29, 0.717) is 37.8 Å². The van der Waals surface area contributed by atoms with E-state index in [0.717, 1.165) is 35.4 Å². The number of fused-ring (bicyclic) bond motifs is 2. The predicted octanol–water partition coefficient (Wildman–Crippen LogP) is 0.849. The van der Waals surface area contributed by atoms with E-state index in [2.05, 4.69) is 50.3 Å². The van der Waals surface area contributed by atoms with E-state index in [-0.39, 0.29) is 12.1 Å².